The van der Waals surface area contributed by atoms with Gasteiger partial charge in [-0.15, -0.1) is 0 Å². The van der Waals surface area contributed by atoms with E-state index in [4.69, 9.17) is 10.5 Å². The highest BCUT2D eigenvalue weighted by molar-refractivity contribution is 5.24. The first-order chi connectivity index (χ1) is 6.74. The Kier molecular flexibility index (Phi) is 4.07. The molecule has 14 heavy (non-hydrogen) atoms. The third-order valence-corrected chi connectivity index (χ3v) is 1.53. The van der Waals surface area contributed by atoms with E-state index in [-0.39, 0.29) is 12.4 Å². The molecule has 0 radical (unpaired) electrons. The lowest BCUT2D eigenvalue weighted by molar-refractivity contribution is 0.340. The summed E-state index contributed by atoms with van der Waals surface area (Å²) in [6, 6.07) is 3.17. The van der Waals surface area contributed by atoms with Crippen LogP contribution in [0.5, 0.6) is 5.75 Å². The minimum absolute atomic E-state index is 0.0353. The van der Waals surface area contributed by atoms with Gasteiger partial charge in [0.25, 0.3) is 0 Å². The zero-order chi connectivity index (χ0) is 10.4. The van der Waals surface area contributed by atoms with E-state index in [1.165, 1.54) is 6.07 Å². The Bertz CT molecular complexity index is 326. The number of hydrogen-bond donors (Lipinski definition) is 1. The second-order valence-corrected chi connectivity index (χ2v) is 2.59. The molecule has 4 heteroatoms. The van der Waals surface area contributed by atoms with Gasteiger partial charge in [-0.05, 0) is 12.1 Å². The number of hydrogen-bond acceptors (Lipinski definition) is 2. The number of nitrogens with two attached hydrogens (primary N) is 1. The lowest BCUT2D eigenvalue weighted by Gasteiger charge is -2.03. The molecule has 0 heterocycles. The summed E-state index contributed by atoms with van der Waals surface area (Å²) in [6.07, 6.45) is 3.37. The zero-order valence-corrected chi connectivity index (χ0v) is 7.54. The van der Waals surface area contributed by atoms with Crippen LogP contribution >= 0.6 is 0 Å². The van der Waals surface area contributed by atoms with Gasteiger partial charge in [-0.3, -0.25) is 0 Å². The van der Waals surface area contributed by atoms with Gasteiger partial charge in [0.1, 0.15) is 12.4 Å². The van der Waals surface area contributed by atoms with Crippen molar-refractivity contribution in [3.8, 4) is 5.75 Å². The molecule has 0 saturated carbocycles. The number of rotatable bonds is 4. The van der Waals surface area contributed by atoms with Crippen molar-refractivity contribution in [2.45, 2.75) is 0 Å². The van der Waals surface area contributed by atoms with Crippen LogP contribution in [0, 0.1) is 11.6 Å². The predicted molar refractivity (Wildman–Crippen MR) is 50.0 cm³/mol. The van der Waals surface area contributed by atoms with Crippen LogP contribution in [0.3, 0.4) is 0 Å². The molecule has 0 aliphatic carbocycles. The maximum Gasteiger partial charge on any atom is 0.167 e. The van der Waals surface area contributed by atoms with Gasteiger partial charge in [-0.1, -0.05) is 12.2 Å². The zero-order valence-electron chi connectivity index (χ0n) is 7.54. The average molecular weight is 199 g/mol. The highest BCUT2D eigenvalue weighted by Gasteiger charge is 2.02. The number of benzene rings is 1. The Labute approximate surface area is 81.0 Å². The van der Waals surface area contributed by atoms with Gasteiger partial charge >= 0.3 is 0 Å². The van der Waals surface area contributed by atoms with E-state index in [0.717, 1.165) is 12.1 Å². The summed E-state index contributed by atoms with van der Waals surface area (Å²) in [4.78, 5) is 0. The van der Waals surface area contributed by atoms with E-state index in [2.05, 4.69) is 0 Å². The van der Waals surface area contributed by atoms with Crippen LogP contribution in [0.25, 0.3) is 0 Å². The Hall–Kier alpha value is -1.42. The fourth-order valence-corrected chi connectivity index (χ4v) is 0.894. The number of halogens is 2. The van der Waals surface area contributed by atoms with Crippen LogP contribution in [0.1, 0.15) is 0 Å². The van der Waals surface area contributed by atoms with Crippen LogP contribution in [0.4, 0.5) is 8.78 Å². The van der Waals surface area contributed by atoms with Gasteiger partial charge < -0.3 is 10.5 Å². The first-order valence-corrected chi connectivity index (χ1v) is 4.17. The normalized spacial score (nSPS) is 10.8. The van der Waals surface area contributed by atoms with E-state index in [9.17, 15) is 8.78 Å². The summed E-state index contributed by atoms with van der Waals surface area (Å²) in [6.45, 7) is 0.634. The first kappa shape index (κ1) is 10.7. The monoisotopic (exact) mass is 199 g/mol. The van der Waals surface area contributed by atoms with E-state index in [1.807, 2.05) is 0 Å². The minimum Gasteiger partial charge on any atom is -0.486 e. The summed E-state index contributed by atoms with van der Waals surface area (Å²) in [5.41, 5.74) is 5.19. The highest BCUT2D eigenvalue weighted by atomic mass is 19.1. The fraction of sp³-hybridized carbons (Fsp3) is 0.200. The molecule has 2 N–H and O–H groups in total. The van der Waals surface area contributed by atoms with Crippen LogP contribution in [-0.2, 0) is 0 Å². The van der Waals surface area contributed by atoms with E-state index >= 15 is 0 Å². The van der Waals surface area contributed by atoms with Crippen LogP contribution in [0.15, 0.2) is 30.4 Å². The maximum absolute atomic E-state index is 12.9. The molecule has 2 nitrogen and oxygen atoms in total. The topological polar surface area (TPSA) is 35.2 Å². The SMILES string of the molecule is NCC=CCOc1ccc(F)cc1F. The van der Waals surface area contributed by atoms with Crippen LogP contribution in [0.2, 0.25) is 0 Å². The first-order valence-electron chi connectivity index (χ1n) is 4.17. The molecular weight excluding hydrogens is 188 g/mol. The molecule has 0 unspecified atom stereocenters. The maximum atomic E-state index is 12.9. The molecule has 1 aromatic rings. The second-order valence-electron chi connectivity index (χ2n) is 2.59. The second kappa shape index (κ2) is 5.34. The van der Waals surface area contributed by atoms with Crippen molar-refractivity contribution in [3.05, 3.63) is 42.0 Å². The molecule has 0 aliphatic heterocycles. The van der Waals surface area contributed by atoms with E-state index in [0.29, 0.717) is 6.54 Å². The fourth-order valence-electron chi connectivity index (χ4n) is 0.894. The van der Waals surface area contributed by atoms with Crippen molar-refractivity contribution >= 4 is 0 Å². The van der Waals surface area contributed by atoms with E-state index in [1.54, 1.807) is 12.2 Å². The molecule has 0 saturated heterocycles. The van der Waals surface area contributed by atoms with Gasteiger partial charge in [-0.2, -0.15) is 0 Å². The van der Waals surface area contributed by atoms with Crippen molar-refractivity contribution in [1.29, 1.82) is 0 Å². The molecule has 1 aromatic carbocycles. The van der Waals surface area contributed by atoms with Gasteiger partial charge in [0, 0.05) is 12.6 Å². The van der Waals surface area contributed by atoms with Crippen molar-refractivity contribution in [1.82, 2.24) is 0 Å². The molecule has 0 amide bonds. The Morgan fingerprint density at radius 1 is 1.29 bits per heavy atom. The summed E-state index contributed by atoms with van der Waals surface area (Å²) in [5.74, 6) is -1.29. The van der Waals surface area contributed by atoms with Gasteiger partial charge in [0.2, 0.25) is 0 Å². The summed E-state index contributed by atoms with van der Waals surface area (Å²) in [7, 11) is 0. The van der Waals surface area contributed by atoms with Crippen molar-refractivity contribution in [3.63, 3.8) is 0 Å². The molecule has 76 valence electrons. The summed E-state index contributed by atoms with van der Waals surface area (Å²) < 4.78 is 30.4. The molecule has 0 spiro atoms. The van der Waals surface area contributed by atoms with Crippen molar-refractivity contribution in [2.24, 2.45) is 5.73 Å². The predicted octanol–water partition coefficient (Wildman–Crippen LogP) is 1.86. The molecular formula is C10H11F2NO. The summed E-state index contributed by atoms with van der Waals surface area (Å²) >= 11 is 0. The van der Waals surface area contributed by atoms with E-state index < -0.39 is 11.6 Å². The van der Waals surface area contributed by atoms with Crippen LogP contribution < -0.4 is 10.5 Å². The van der Waals surface area contributed by atoms with Crippen LogP contribution in [-0.4, -0.2) is 13.2 Å². The molecule has 0 atom stereocenters. The highest BCUT2D eigenvalue weighted by Crippen LogP contribution is 2.17. The molecule has 0 bridgehead atoms. The Morgan fingerprint density at radius 2 is 2.07 bits per heavy atom. The average Bonchev–Trinajstić information content (AvgIpc) is 2.15. The Balaban J connectivity index is 2.55. The Morgan fingerprint density at radius 3 is 2.71 bits per heavy atom. The molecule has 0 fully saturated rings. The molecule has 1 rings (SSSR count). The quantitative estimate of drug-likeness (QED) is 0.751. The van der Waals surface area contributed by atoms with Gasteiger partial charge in [0.05, 0.1) is 0 Å². The standard InChI is InChI=1S/C10H11F2NO/c11-8-3-4-10(9(12)7-8)14-6-2-1-5-13/h1-4,7H,5-6,13H2. The van der Waals surface area contributed by atoms with Crippen molar-refractivity contribution in [2.75, 3.05) is 13.2 Å². The molecule has 0 aromatic heterocycles. The lowest BCUT2D eigenvalue weighted by Crippen LogP contribution is -1.98. The third kappa shape index (κ3) is 3.14. The smallest absolute Gasteiger partial charge is 0.167 e. The van der Waals surface area contributed by atoms with Gasteiger partial charge in [-0.25, -0.2) is 8.78 Å². The third-order valence-electron chi connectivity index (χ3n) is 1.53. The van der Waals surface area contributed by atoms with Crippen molar-refractivity contribution < 1.29 is 13.5 Å². The summed E-state index contributed by atoms with van der Waals surface area (Å²) in [5, 5.41) is 0. The lowest BCUT2D eigenvalue weighted by atomic mass is 10.3. The number of ether oxygens (including phenoxy) is 1. The minimum atomic E-state index is -0.703. The van der Waals surface area contributed by atoms with Gasteiger partial charge in [0.15, 0.2) is 11.6 Å². The largest absolute Gasteiger partial charge is 0.486 e. The molecule has 0 aliphatic rings.